The molecule has 3 heterocycles. The Balaban J connectivity index is 1.04. The summed E-state index contributed by atoms with van der Waals surface area (Å²) in [6.07, 6.45) is 4.16. The van der Waals surface area contributed by atoms with Crippen LogP contribution in [0.3, 0.4) is 0 Å². The predicted octanol–water partition coefficient (Wildman–Crippen LogP) is 6.65. The summed E-state index contributed by atoms with van der Waals surface area (Å²) in [5.74, 6) is 3.46. The van der Waals surface area contributed by atoms with Crippen molar-refractivity contribution in [1.29, 1.82) is 0 Å². The lowest BCUT2D eigenvalue weighted by Gasteiger charge is -2.35. The summed E-state index contributed by atoms with van der Waals surface area (Å²) in [6, 6.07) is 19.2. The molecule has 3 aromatic carbocycles. The fourth-order valence-corrected chi connectivity index (χ4v) is 7.12. The maximum absolute atomic E-state index is 12.9. The van der Waals surface area contributed by atoms with Crippen LogP contribution in [0.2, 0.25) is 0 Å². The lowest BCUT2D eigenvalue weighted by molar-refractivity contribution is -0.126. The van der Waals surface area contributed by atoms with Crippen molar-refractivity contribution in [1.82, 2.24) is 20.1 Å². The Morgan fingerprint density at radius 1 is 0.951 bits per heavy atom. The van der Waals surface area contributed by atoms with Crippen LogP contribution in [-0.2, 0) is 11.3 Å². The van der Waals surface area contributed by atoms with Crippen LogP contribution < -0.4 is 5.32 Å². The van der Waals surface area contributed by atoms with Crippen LogP contribution in [0.5, 0.6) is 0 Å². The second kappa shape index (κ2) is 12.3. The first-order chi connectivity index (χ1) is 19.9. The fraction of sp³-hybridized carbons (Fsp3) is 0.486. The molecule has 41 heavy (non-hydrogen) atoms. The molecule has 216 valence electrons. The van der Waals surface area contributed by atoms with Crippen LogP contribution in [0.15, 0.2) is 59.0 Å². The Morgan fingerprint density at radius 2 is 1.59 bits per heavy atom. The second-order valence-corrected chi connectivity index (χ2v) is 12.6. The van der Waals surface area contributed by atoms with Gasteiger partial charge in [0.2, 0.25) is 11.8 Å². The zero-order valence-corrected chi connectivity index (χ0v) is 24.9. The van der Waals surface area contributed by atoms with Crippen LogP contribution in [0, 0.1) is 24.7 Å². The molecule has 2 aliphatic heterocycles. The Labute approximate surface area is 244 Å². The average molecular weight is 553 g/mol. The Kier molecular flexibility index (Phi) is 8.40. The first kappa shape index (κ1) is 27.9. The van der Waals surface area contributed by atoms with Crippen LogP contribution in [0.1, 0.15) is 51.0 Å². The first-order valence-electron chi connectivity index (χ1n) is 15.5. The van der Waals surface area contributed by atoms with Crippen molar-refractivity contribution < 1.29 is 9.21 Å². The molecule has 0 unspecified atom stereocenters. The summed E-state index contributed by atoms with van der Waals surface area (Å²) in [6.45, 7) is 13.5. The number of fused-ring (bicyclic) bond motifs is 2. The van der Waals surface area contributed by atoms with E-state index in [1.807, 2.05) is 6.92 Å². The van der Waals surface area contributed by atoms with E-state index in [0.29, 0.717) is 5.89 Å². The molecule has 6 nitrogen and oxygen atoms in total. The molecule has 6 rings (SSSR count). The largest absolute Gasteiger partial charge is 0.441 e. The molecule has 0 saturated carbocycles. The number of piperidine rings is 2. The molecular formula is C35H44N4O2. The number of likely N-dealkylation sites (tertiary alicyclic amines) is 2. The number of hydrogen-bond donors (Lipinski definition) is 1. The van der Waals surface area contributed by atoms with Crippen molar-refractivity contribution in [2.24, 2.45) is 17.8 Å². The number of carbonyl (C=O) groups excluding carboxylic acids is 1. The quantitative estimate of drug-likeness (QED) is 0.196. The molecule has 2 saturated heterocycles. The summed E-state index contributed by atoms with van der Waals surface area (Å²) < 4.78 is 6.32. The van der Waals surface area contributed by atoms with E-state index in [4.69, 9.17) is 9.40 Å². The summed E-state index contributed by atoms with van der Waals surface area (Å²) in [4.78, 5) is 22.9. The number of oxazole rings is 1. The van der Waals surface area contributed by atoms with Gasteiger partial charge in [-0.1, -0.05) is 62.4 Å². The minimum absolute atomic E-state index is 0.109. The van der Waals surface area contributed by atoms with E-state index in [1.54, 1.807) is 0 Å². The molecular weight excluding hydrogens is 508 g/mol. The highest BCUT2D eigenvalue weighted by Gasteiger charge is 2.27. The van der Waals surface area contributed by atoms with Gasteiger partial charge < -0.3 is 14.6 Å². The molecule has 2 fully saturated rings. The third kappa shape index (κ3) is 6.34. The molecule has 1 N–H and O–H groups in total. The Morgan fingerprint density at radius 3 is 2.24 bits per heavy atom. The van der Waals surface area contributed by atoms with Gasteiger partial charge in [0.1, 0.15) is 5.76 Å². The van der Waals surface area contributed by atoms with Crippen molar-refractivity contribution in [3.8, 4) is 11.5 Å². The summed E-state index contributed by atoms with van der Waals surface area (Å²) in [5.41, 5.74) is 2.05. The molecule has 0 radical (unpaired) electrons. The summed E-state index contributed by atoms with van der Waals surface area (Å²) >= 11 is 0. The number of aryl methyl sites for hydroxylation is 1. The van der Waals surface area contributed by atoms with Gasteiger partial charge in [-0.3, -0.25) is 9.69 Å². The second-order valence-electron chi connectivity index (χ2n) is 12.6. The van der Waals surface area contributed by atoms with Gasteiger partial charge in [-0.2, -0.15) is 0 Å². The third-order valence-electron chi connectivity index (χ3n) is 9.10. The van der Waals surface area contributed by atoms with Crippen molar-refractivity contribution in [2.75, 3.05) is 39.3 Å². The maximum Gasteiger partial charge on any atom is 0.227 e. The standard InChI is InChI=1S/C35H44N4O2/c1-24-19-25(2)22-39(21-24)16-8-15-36-34(40)27-13-17-38(18-14-27)23-32-26(3)41-35(37-32)33-30-11-6-4-9-28(30)20-29-10-5-7-12-31(29)33/h4-7,9-12,20,24-25,27H,8,13-19,21-23H2,1-3H3,(H,36,40)/t24-,25+. The number of carbonyl (C=O) groups is 1. The van der Waals surface area contributed by atoms with Crippen molar-refractivity contribution >= 4 is 27.5 Å². The number of nitrogens with zero attached hydrogens (tertiary/aromatic N) is 3. The number of rotatable bonds is 8. The minimum Gasteiger partial charge on any atom is -0.441 e. The average Bonchev–Trinajstić information content (AvgIpc) is 3.32. The summed E-state index contributed by atoms with van der Waals surface area (Å²) in [5, 5.41) is 7.92. The van der Waals surface area contributed by atoms with Crippen LogP contribution in [-0.4, -0.2) is 60.0 Å². The van der Waals surface area contributed by atoms with E-state index < -0.39 is 0 Å². The third-order valence-corrected chi connectivity index (χ3v) is 9.10. The molecule has 1 aromatic heterocycles. The molecule has 6 heteroatoms. The highest BCUT2D eigenvalue weighted by Crippen LogP contribution is 2.37. The van der Waals surface area contributed by atoms with Crippen LogP contribution in [0.25, 0.3) is 33.0 Å². The van der Waals surface area contributed by atoms with E-state index in [2.05, 4.69) is 83.6 Å². The van der Waals surface area contributed by atoms with Crippen LogP contribution >= 0.6 is 0 Å². The van der Waals surface area contributed by atoms with E-state index in [0.717, 1.165) is 91.6 Å². The molecule has 2 aliphatic rings. The Bertz CT molecular complexity index is 1440. The topological polar surface area (TPSA) is 61.6 Å². The van der Waals surface area contributed by atoms with E-state index >= 15 is 0 Å². The van der Waals surface area contributed by atoms with Crippen LogP contribution in [0.4, 0.5) is 0 Å². The zero-order chi connectivity index (χ0) is 28.3. The van der Waals surface area contributed by atoms with E-state index in [1.165, 1.54) is 30.3 Å². The summed E-state index contributed by atoms with van der Waals surface area (Å²) in [7, 11) is 0. The normalized spacial score (nSPS) is 21.0. The molecule has 1 amide bonds. The van der Waals surface area contributed by atoms with Crippen molar-refractivity contribution in [2.45, 2.75) is 53.0 Å². The zero-order valence-electron chi connectivity index (χ0n) is 24.9. The lowest BCUT2D eigenvalue weighted by atomic mass is 9.92. The number of aromatic nitrogens is 1. The molecule has 0 spiro atoms. The fourth-order valence-electron chi connectivity index (χ4n) is 7.12. The van der Waals surface area contributed by atoms with Crippen molar-refractivity contribution in [3.05, 3.63) is 66.1 Å². The van der Waals surface area contributed by atoms with Gasteiger partial charge in [0.15, 0.2) is 0 Å². The van der Waals surface area contributed by atoms with Gasteiger partial charge >= 0.3 is 0 Å². The predicted molar refractivity (Wildman–Crippen MR) is 167 cm³/mol. The molecule has 0 aliphatic carbocycles. The van der Waals surface area contributed by atoms with Gasteiger partial charge in [0.05, 0.1) is 11.3 Å². The smallest absolute Gasteiger partial charge is 0.227 e. The first-order valence-corrected chi connectivity index (χ1v) is 15.5. The van der Waals surface area contributed by atoms with Gasteiger partial charge in [-0.25, -0.2) is 4.98 Å². The van der Waals surface area contributed by atoms with Gasteiger partial charge in [0, 0.05) is 32.1 Å². The number of nitrogens with one attached hydrogen (secondary N) is 1. The lowest BCUT2D eigenvalue weighted by Crippen LogP contribution is -2.42. The number of benzene rings is 3. The number of amides is 1. The highest BCUT2D eigenvalue weighted by atomic mass is 16.4. The SMILES string of the molecule is Cc1oc(-c2c3ccccc3cc3ccccc23)nc1CN1CCC(C(=O)NCCCN2C[C@H](C)C[C@H](C)C2)CC1. The minimum atomic E-state index is 0.109. The van der Waals surface area contributed by atoms with Gasteiger partial charge in [-0.05, 0) is 91.7 Å². The number of hydrogen-bond acceptors (Lipinski definition) is 5. The highest BCUT2D eigenvalue weighted by molar-refractivity contribution is 6.11. The molecule has 4 aromatic rings. The van der Waals surface area contributed by atoms with E-state index in [9.17, 15) is 4.79 Å². The van der Waals surface area contributed by atoms with E-state index in [-0.39, 0.29) is 11.8 Å². The molecule has 0 bridgehead atoms. The monoisotopic (exact) mass is 552 g/mol. The Hall–Kier alpha value is -3.22. The van der Waals surface area contributed by atoms with Gasteiger partial charge in [-0.15, -0.1) is 0 Å². The maximum atomic E-state index is 12.9. The van der Waals surface area contributed by atoms with Gasteiger partial charge in [0.25, 0.3) is 0 Å². The molecule has 2 atom stereocenters. The van der Waals surface area contributed by atoms with Crippen molar-refractivity contribution in [3.63, 3.8) is 0 Å².